The average Bonchev–Trinajstić information content (AvgIpc) is 2.68. The van der Waals surface area contributed by atoms with Crippen LogP contribution in [-0.2, 0) is 10.0 Å². The number of likely N-dealkylation sites (N-methyl/N-ethyl adjacent to an activating group) is 1. The van der Waals surface area contributed by atoms with Gasteiger partial charge in [0.2, 0.25) is 10.0 Å². The van der Waals surface area contributed by atoms with E-state index in [0.29, 0.717) is 36.9 Å². The zero-order chi connectivity index (χ0) is 21.9. The molecule has 0 radical (unpaired) electrons. The van der Waals surface area contributed by atoms with Gasteiger partial charge in [0.15, 0.2) is 5.11 Å². The van der Waals surface area contributed by atoms with E-state index >= 15 is 0 Å². The van der Waals surface area contributed by atoms with Gasteiger partial charge in [-0.25, -0.2) is 8.42 Å². The Morgan fingerprint density at radius 3 is 2.27 bits per heavy atom. The molecule has 160 valence electrons. The second-order valence-corrected chi connectivity index (χ2v) is 9.95. The summed E-state index contributed by atoms with van der Waals surface area (Å²) in [6.07, 6.45) is 0. The van der Waals surface area contributed by atoms with Gasteiger partial charge in [-0.05, 0) is 61.7 Å². The third kappa shape index (κ3) is 5.48. The Labute approximate surface area is 191 Å². The Morgan fingerprint density at radius 1 is 1.03 bits per heavy atom. The van der Waals surface area contributed by atoms with Crippen LogP contribution in [0, 0.1) is 0 Å². The molecule has 3 rings (SSSR count). The van der Waals surface area contributed by atoms with Crippen molar-refractivity contribution in [3.8, 4) is 0 Å². The monoisotopic (exact) mass is 486 g/mol. The molecular weight excluding hydrogens is 467 g/mol. The number of thiocarbonyl (C=S) groups is 1. The highest BCUT2D eigenvalue weighted by Crippen LogP contribution is 2.21. The second-order valence-electron chi connectivity index (χ2n) is 6.76. The molecule has 1 fully saturated rings. The quantitative estimate of drug-likeness (QED) is 0.646. The van der Waals surface area contributed by atoms with Crippen molar-refractivity contribution in [3.05, 3.63) is 58.1 Å². The second kappa shape index (κ2) is 9.59. The van der Waals surface area contributed by atoms with E-state index in [-0.39, 0.29) is 20.6 Å². The summed E-state index contributed by atoms with van der Waals surface area (Å²) < 4.78 is 27.0. The van der Waals surface area contributed by atoms with Crippen LogP contribution >= 0.6 is 35.4 Å². The first-order valence-electron chi connectivity index (χ1n) is 9.03. The number of sulfonamides is 1. The van der Waals surface area contributed by atoms with Gasteiger partial charge in [-0.15, -0.1) is 0 Å². The summed E-state index contributed by atoms with van der Waals surface area (Å²) in [5.74, 6) is -0.483. The van der Waals surface area contributed by atoms with Crippen molar-refractivity contribution in [2.24, 2.45) is 0 Å². The van der Waals surface area contributed by atoms with Gasteiger partial charge in [-0.2, -0.15) is 4.31 Å². The fraction of sp³-hybridized carbons (Fsp3) is 0.263. The predicted octanol–water partition coefficient (Wildman–Crippen LogP) is 3.06. The molecule has 7 nitrogen and oxygen atoms in total. The van der Waals surface area contributed by atoms with Gasteiger partial charge in [0.05, 0.1) is 15.5 Å². The molecule has 0 aliphatic carbocycles. The minimum Gasteiger partial charge on any atom is -0.332 e. The normalized spacial score (nSPS) is 15.6. The van der Waals surface area contributed by atoms with E-state index in [1.807, 2.05) is 7.05 Å². The van der Waals surface area contributed by atoms with Crippen LogP contribution in [0.4, 0.5) is 5.69 Å². The van der Waals surface area contributed by atoms with E-state index in [2.05, 4.69) is 15.5 Å². The number of amides is 1. The number of halogens is 2. The smallest absolute Gasteiger partial charge is 0.258 e. The molecule has 0 atom stereocenters. The Balaban J connectivity index is 1.62. The maximum Gasteiger partial charge on any atom is 0.258 e. The van der Waals surface area contributed by atoms with Crippen LogP contribution in [0.15, 0.2) is 47.4 Å². The molecule has 30 heavy (non-hydrogen) atoms. The zero-order valence-electron chi connectivity index (χ0n) is 16.1. The van der Waals surface area contributed by atoms with Gasteiger partial charge in [-0.1, -0.05) is 23.2 Å². The number of hydrogen-bond acceptors (Lipinski definition) is 5. The molecule has 2 aromatic rings. The number of nitrogens with one attached hydrogen (secondary N) is 2. The first kappa shape index (κ1) is 22.9. The Bertz CT molecular complexity index is 1050. The van der Waals surface area contributed by atoms with Crippen molar-refractivity contribution >= 4 is 62.2 Å². The molecule has 1 amide bonds. The maximum absolute atomic E-state index is 12.8. The molecule has 1 aliphatic rings. The Morgan fingerprint density at radius 2 is 1.67 bits per heavy atom. The molecular formula is C19H20Cl2N4O3S2. The van der Waals surface area contributed by atoms with Crippen molar-refractivity contribution in [3.63, 3.8) is 0 Å². The van der Waals surface area contributed by atoms with Crippen molar-refractivity contribution < 1.29 is 13.2 Å². The summed E-state index contributed by atoms with van der Waals surface area (Å²) in [5, 5.41) is 6.07. The van der Waals surface area contributed by atoms with Crippen LogP contribution in [0.3, 0.4) is 0 Å². The van der Waals surface area contributed by atoms with Crippen LogP contribution in [0.1, 0.15) is 10.4 Å². The van der Waals surface area contributed by atoms with Crippen molar-refractivity contribution in [1.82, 2.24) is 14.5 Å². The van der Waals surface area contributed by atoms with E-state index in [1.165, 1.54) is 28.6 Å². The average molecular weight is 487 g/mol. The van der Waals surface area contributed by atoms with Gasteiger partial charge in [0.25, 0.3) is 5.91 Å². The van der Waals surface area contributed by atoms with Crippen molar-refractivity contribution in [2.45, 2.75) is 4.90 Å². The number of rotatable bonds is 4. The van der Waals surface area contributed by atoms with Gasteiger partial charge in [0, 0.05) is 36.9 Å². The molecule has 2 N–H and O–H groups in total. The van der Waals surface area contributed by atoms with Crippen LogP contribution in [-0.4, -0.2) is 61.9 Å². The van der Waals surface area contributed by atoms with E-state index in [0.717, 1.165) is 0 Å². The molecule has 0 saturated carbocycles. The lowest BCUT2D eigenvalue weighted by atomic mass is 10.2. The number of carbonyl (C=O) groups excluding carboxylic acids is 1. The Hall–Kier alpha value is -1.75. The summed E-state index contributed by atoms with van der Waals surface area (Å²) in [4.78, 5) is 14.6. The minimum absolute atomic E-state index is 0.0562. The fourth-order valence-corrected chi connectivity index (χ4v) is 5.02. The highest BCUT2D eigenvalue weighted by Gasteiger charge is 2.27. The molecule has 11 heteroatoms. The van der Waals surface area contributed by atoms with Gasteiger partial charge in [-0.3, -0.25) is 10.1 Å². The molecule has 0 bridgehead atoms. The van der Waals surface area contributed by atoms with E-state index in [1.54, 1.807) is 18.2 Å². The lowest BCUT2D eigenvalue weighted by Crippen LogP contribution is -2.46. The Kier molecular flexibility index (Phi) is 7.33. The number of piperazine rings is 1. The van der Waals surface area contributed by atoms with Gasteiger partial charge < -0.3 is 10.2 Å². The topological polar surface area (TPSA) is 81.8 Å². The van der Waals surface area contributed by atoms with E-state index < -0.39 is 15.9 Å². The molecule has 2 aromatic carbocycles. The van der Waals surface area contributed by atoms with Crippen LogP contribution in [0.25, 0.3) is 0 Å². The SMILES string of the molecule is CN1CCN(S(=O)(=O)c2ccc(NC(=S)NC(=O)c3ccc(Cl)cc3Cl)cc2)CC1. The maximum atomic E-state index is 12.8. The lowest BCUT2D eigenvalue weighted by Gasteiger charge is -2.31. The largest absolute Gasteiger partial charge is 0.332 e. The van der Waals surface area contributed by atoms with Crippen LogP contribution < -0.4 is 10.6 Å². The third-order valence-electron chi connectivity index (χ3n) is 4.62. The molecule has 0 spiro atoms. The van der Waals surface area contributed by atoms with Gasteiger partial charge in [0.1, 0.15) is 0 Å². The van der Waals surface area contributed by atoms with Crippen molar-refractivity contribution in [1.29, 1.82) is 0 Å². The fourth-order valence-electron chi connectivity index (χ4n) is 2.89. The molecule has 0 unspecified atom stereocenters. The predicted molar refractivity (Wildman–Crippen MR) is 123 cm³/mol. The standard InChI is InChI=1S/C19H20Cl2N4O3S2/c1-24-8-10-25(11-9-24)30(27,28)15-5-3-14(4-6-15)22-19(29)23-18(26)16-7-2-13(20)12-17(16)21/h2-7,12H,8-11H2,1H3,(H2,22,23,26,29). The summed E-state index contributed by atoms with van der Waals surface area (Å²) in [6.45, 7) is 2.32. The lowest BCUT2D eigenvalue weighted by molar-refractivity contribution is 0.0978. The first-order valence-corrected chi connectivity index (χ1v) is 11.6. The highest BCUT2D eigenvalue weighted by atomic mass is 35.5. The highest BCUT2D eigenvalue weighted by molar-refractivity contribution is 7.89. The molecule has 1 aliphatic heterocycles. The summed E-state index contributed by atoms with van der Waals surface area (Å²) >= 11 is 17.0. The number of benzene rings is 2. The van der Waals surface area contributed by atoms with E-state index in [4.69, 9.17) is 35.4 Å². The molecule has 0 aromatic heterocycles. The first-order chi connectivity index (χ1) is 14.2. The van der Waals surface area contributed by atoms with Crippen LogP contribution in [0.2, 0.25) is 10.0 Å². The molecule has 1 heterocycles. The summed E-state index contributed by atoms with van der Waals surface area (Å²) in [5.41, 5.74) is 0.777. The third-order valence-corrected chi connectivity index (χ3v) is 7.28. The zero-order valence-corrected chi connectivity index (χ0v) is 19.2. The minimum atomic E-state index is -3.54. The summed E-state index contributed by atoms with van der Waals surface area (Å²) in [7, 11) is -1.58. The molecule has 1 saturated heterocycles. The number of carbonyl (C=O) groups is 1. The number of nitrogens with zero attached hydrogens (tertiary/aromatic N) is 2. The van der Waals surface area contributed by atoms with Crippen molar-refractivity contribution in [2.75, 3.05) is 38.5 Å². The van der Waals surface area contributed by atoms with Gasteiger partial charge >= 0.3 is 0 Å². The summed E-state index contributed by atoms with van der Waals surface area (Å²) in [6, 6.07) is 10.7. The van der Waals surface area contributed by atoms with E-state index in [9.17, 15) is 13.2 Å². The van der Waals surface area contributed by atoms with Crippen LogP contribution in [0.5, 0.6) is 0 Å². The number of hydrogen-bond donors (Lipinski definition) is 2. The number of anilines is 1.